The van der Waals surface area contributed by atoms with E-state index in [1.54, 1.807) is 14.0 Å². The van der Waals surface area contributed by atoms with Gasteiger partial charge in [0.1, 0.15) is 6.04 Å². The SMILES string of the molecule is COc1ccc2c3c1O[C@H]1C(=O)CC[C@H]4[C@@H](C2)N(C)CC[C@]314.C[C@H](N)C(=O)N1CCC[C@H]1C(=O)O. The van der Waals surface area contributed by atoms with E-state index < -0.39 is 18.1 Å². The largest absolute Gasteiger partial charge is 0.493 e. The van der Waals surface area contributed by atoms with Crippen molar-refractivity contribution in [2.75, 3.05) is 27.2 Å². The first-order chi connectivity index (χ1) is 16.7. The van der Waals surface area contributed by atoms with Gasteiger partial charge in [-0.1, -0.05) is 6.07 Å². The summed E-state index contributed by atoms with van der Waals surface area (Å²) >= 11 is 0. The summed E-state index contributed by atoms with van der Waals surface area (Å²) in [6, 6.07) is 3.45. The zero-order valence-electron chi connectivity index (χ0n) is 20.7. The van der Waals surface area contributed by atoms with E-state index in [0.29, 0.717) is 31.3 Å². The number of carbonyl (C=O) groups is 3. The van der Waals surface area contributed by atoms with Crippen LogP contribution >= 0.6 is 0 Å². The summed E-state index contributed by atoms with van der Waals surface area (Å²) < 4.78 is 11.8. The zero-order chi connectivity index (χ0) is 25.1. The first-order valence-electron chi connectivity index (χ1n) is 12.6. The molecule has 1 aromatic rings. The summed E-state index contributed by atoms with van der Waals surface area (Å²) in [6.45, 7) is 3.13. The summed E-state index contributed by atoms with van der Waals surface area (Å²) in [7, 11) is 3.91. The summed E-state index contributed by atoms with van der Waals surface area (Å²) in [4.78, 5) is 38.6. The number of nitrogens with two attached hydrogens (primary N) is 1. The Morgan fingerprint density at radius 3 is 2.74 bits per heavy atom. The van der Waals surface area contributed by atoms with E-state index in [4.69, 9.17) is 20.3 Å². The Morgan fingerprint density at radius 1 is 1.29 bits per heavy atom. The number of aliphatic carboxylic acids is 1. The van der Waals surface area contributed by atoms with E-state index in [9.17, 15) is 14.4 Å². The lowest BCUT2D eigenvalue weighted by atomic mass is 9.52. The van der Waals surface area contributed by atoms with Crippen LogP contribution in [0.2, 0.25) is 0 Å². The average Bonchev–Trinajstić information content (AvgIpc) is 3.46. The lowest BCUT2D eigenvalue weighted by Crippen LogP contribution is -2.65. The maximum absolute atomic E-state index is 12.6. The standard InChI is InChI=1S/C18H21NO3.C8H14N2O3/c1-19-8-7-18-11-4-5-13(20)17(18)22-16-14(21-2)6-3-10(15(16)18)9-12(11)19;1-5(9)7(11)10-4-2-3-6(10)8(12)13/h3,6,11-12,17H,4-5,7-9H2,1-2H3;5-6H,2-4,9H2,1H3,(H,12,13)/t11-,12+,17-,18-;5-,6-/m00/s1. The number of methoxy groups -OCH3 is 1. The summed E-state index contributed by atoms with van der Waals surface area (Å²) in [5, 5.41) is 8.78. The fourth-order valence-electron chi connectivity index (χ4n) is 7.22. The summed E-state index contributed by atoms with van der Waals surface area (Å²) in [6.07, 6.45) is 4.75. The number of Topliss-reactive ketones (excluding diaryl/α,β-unsaturated/α-hetero) is 1. The highest BCUT2D eigenvalue weighted by atomic mass is 16.5. The van der Waals surface area contributed by atoms with Crippen molar-refractivity contribution in [2.24, 2.45) is 11.7 Å². The number of rotatable bonds is 3. The van der Waals surface area contributed by atoms with Gasteiger partial charge in [-0.25, -0.2) is 4.79 Å². The first-order valence-corrected chi connectivity index (χ1v) is 12.6. The number of likely N-dealkylation sites (tertiary alicyclic amines) is 2. The predicted molar refractivity (Wildman–Crippen MR) is 128 cm³/mol. The molecule has 1 aromatic carbocycles. The molecule has 2 bridgehead atoms. The fraction of sp³-hybridized carbons (Fsp3) is 0.654. The molecule has 1 amide bonds. The third-order valence-electron chi connectivity index (χ3n) is 8.80. The molecule has 0 unspecified atom stereocenters. The number of ether oxygens (including phenoxy) is 2. The monoisotopic (exact) mass is 485 g/mol. The van der Waals surface area contributed by atoms with Crippen LogP contribution in [0.25, 0.3) is 0 Å². The van der Waals surface area contributed by atoms with Crippen LogP contribution in [0.4, 0.5) is 0 Å². The van der Waals surface area contributed by atoms with E-state index in [-0.39, 0.29) is 23.2 Å². The van der Waals surface area contributed by atoms with Crippen molar-refractivity contribution in [3.63, 3.8) is 0 Å². The summed E-state index contributed by atoms with van der Waals surface area (Å²) in [5.41, 5.74) is 7.97. The van der Waals surface area contributed by atoms with E-state index >= 15 is 0 Å². The first kappa shape index (κ1) is 24.1. The zero-order valence-corrected chi connectivity index (χ0v) is 20.7. The number of carbonyl (C=O) groups excluding carboxylic acids is 2. The molecule has 6 rings (SSSR count). The molecule has 1 saturated carbocycles. The van der Waals surface area contributed by atoms with Crippen LogP contribution < -0.4 is 15.2 Å². The van der Waals surface area contributed by atoms with Gasteiger partial charge in [-0.2, -0.15) is 0 Å². The van der Waals surface area contributed by atoms with Gasteiger partial charge in [0, 0.05) is 30.0 Å². The van der Waals surface area contributed by atoms with Crippen LogP contribution in [0.3, 0.4) is 0 Å². The van der Waals surface area contributed by atoms with Crippen LogP contribution in [-0.2, 0) is 26.2 Å². The predicted octanol–water partition coefficient (Wildman–Crippen LogP) is 1.34. The topological polar surface area (TPSA) is 122 Å². The normalized spacial score (nSPS) is 33.3. The molecule has 190 valence electrons. The second-order valence-electron chi connectivity index (χ2n) is 10.6. The Kier molecular flexibility index (Phi) is 6.04. The van der Waals surface area contributed by atoms with E-state index in [2.05, 4.69) is 18.0 Å². The van der Waals surface area contributed by atoms with Gasteiger partial charge in [0.05, 0.1) is 13.2 Å². The number of hydrogen-bond acceptors (Lipinski definition) is 7. The molecule has 35 heavy (non-hydrogen) atoms. The van der Waals surface area contributed by atoms with Crippen molar-refractivity contribution in [1.29, 1.82) is 0 Å². The number of benzene rings is 1. The molecular formula is C26H35N3O6. The van der Waals surface area contributed by atoms with Gasteiger partial charge in [-0.15, -0.1) is 0 Å². The number of piperidine rings is 1. The van der Waals surface area contributed by atoms with Crippen LogP contribution in [0.15, 0.2) is 12.1 Å². The van der Waals surface area contributed by atoms with Crippen LogP contribution in [0.5, 0.6) is 11.5 Å². The molecule has 0 radical (unpaired) electrons. The molecule has 2 saturated heterocycles. The van der Waals surface area contributed by atoms with Crippen molar-refractivity contribution in [1.82, 2.24) is 9.80 Å². The van der Waals surface area contributed by atoms with Crippen LogP contribution in [0.1, 0.15) is 50.2 Å². The van der Waals surface area contributed by atoms with Gasteiger partial charge in [-0.3, -0.25) is 9.59 Å². The number of carboxylic acid groups (broad SMARTS) is 1. The maximum Gasteiger partial charge on any atom is 0.326 e. The third-order valence-corrected chi connectivity index (χ3v) is 8.80. The lowest BCUT2D eigenvalue weighted by molar-refractivity contribution is -0.148. The number of amides is 1. The molecule has 0 aromatic heterocycles. The Morgan fingerprint density at radius 2 is 2.06 bits per heavy atom. The Balaban J connectivity index is 0.000000168. The lowest BCUT2D eigenvalue weighted by Gasteiger charge is -2.57. The van der Waals surface area contributed by atoms with Crippen molar-refractivity contribution in [3.8, 4) is 11.5 Å². The number of likely N-dealkylation sites (N-methyl/N-ethyl adjacent to an activating group) is 1. The Hall–Kier alpha value is -2.65. The molecule has 6 atom stereocenters. The number of nitrogens with zero attached hydrogens (tertiary/aromatic N) is 2. The van der Waals surface area contributed by atoms with Gasteiger partial charge < -0.3 is 30.1 Å². The molecule has 2 aliphatic carbocycles. The minimum absolute atomic E-state index is 0.0933. The fourth-order valence-corrected chi connectivity index (χ4v) is 7.22. The molecular weight excluding hydrogens is 450 g/mol. The molecule has 3 aliphatic heterocycles. The quantitative estimate of drug-likeness (QED) is 0.658. The number of carboxylic acids is 1. The minimum atomic E-state index is -0.938. The maximum atomic E-state index is 12.6. The highest BCUT2D eigenvalue weighted by Gasteiger charge is 2.65. The molecule has 9 nitrogen and oxygen atoms in total. The average molecular weight is 486 g/mol. The molecule has 3 N–H and O–H groups in total. The molecule has 9 heteroatoms. The highest BCUT2D eigenvalue weighted by Crippen LogP contribution is 2.63. The number of ketones is 1. The van der Waals surface area contributed by atoms with Gasteiger partial charge >= 0.3 is 5.97 Å². The highest BCUT2D eigenvalue weighted by molar-refractivity contribution is 5.89. The third kappa shape index (κ3) is 3.54. The van der Waals surface area contributed by atoms with Gasteiger partial charge in [0.25, 0.3) is 0 Å². The molecule has 1 spiro atoms. The molecule has 3 fully saturated rings. The summed E-state index contributed by atoms with van der Waals surface area (Å²) in [5.74, 6) is 1.25. The number of hydrogen-bond donors (Lipinski definition) is 2. The van der Waals surface area contributed by atoms with Gasteiger partial charge in [-0.05, 0) is 70.2 Å². The van der Waals surface area contributed by atoms with E-state index in [0.717, 1.165) is 43.7 Å². The van der Waals surface area contributed by atoms with Crippen LogP contribution in [0, 0.1) is 5.92 Å². The van der Waals surface area contributed by atoms with Crippen molar-refractivity contribution in [2.45, 2.75) is 75.1 Å². The molecule has 5 aliphatic rings. The van der Waals surface area contributed by atoms with Crippen molar-refractivity contribution < 1.29 is 29.0 Å². The second-order valence-corrected chi connectivity index (χ2v) is 10.6. The van der Waals surface area contributed by atoms with E-state index in [1.807, 2.05) is 6.07 Å². The van der Waals surface area contributed by atoms with Crippen molar-refractivity contribution in [3.05, 3.63) is 23.3 Å². The Labute approximate surface area is 205 Å². The molecule has 3 heterocycles. The minimum Gasteiger partial charge on any atom is -0.493 e. The second kappa shape index (κ2) is 8.78. The van der Waals surface area contributed by atoms with Crippen LogP contribution in [-0.4, -0.2) is 84.0 Å². The van der Waals surface area contributed by atoms with Crippen molar-refractivity contribution >= 4 is 17.7 Å². The Bertz CT molecular complexity index is 1060. The smallest absolute Gasteiger partial charge is 0.326 e. The van der Waals surface area contributed by atoms with Gasteiger partial charge in [0.15, 0.2) is 23.4 Å². The van der Waals surface area contributed by atoms with E-state index in [1.165, 1.54) is 16.0 Å². The van der Waals surface area contributed by atoms with Gasteiger partial charge in [0.2, 0.25) is 5.91 Å².